The Morgan fingerprint density at radius 3 is 2.81 bits per heavy atom. The van der Waals surface area contributed by atoms with Crippen LogP contribution in [-0.4, -0.2) is 41.8 Å². The van der Waals surface area contributed by atoms with Gasteiger partial charge in [0.1, 0.15) is 17.6 Å². The molecule has 1 aliphatic heterocycles. The zero-order valence-corrected chi connectivity index (χ0v) is 17.1. The van der Waals surface area contributed by atoms with E-state index in [0.29, 0.717) is 31.4 Å². The van der Waals surface area contributed by atoms with Crippen LogP contribution < -0.4 is 14.8 Å². The van der Waals surface area contributed by atoms with Crippen molar-refractivity contribution in [3.05, 3.63) is 35.0 Å². The second-order valence-electron chi connectivity index (χ2n) is 7.86. The zero-order valence-electron chi connectivity index (χ0n) is 17.1. The van der Waals surface area contributed by atoms with Gasteiger partial charge < -0.3 is 24.2 Å². The second-order valence-corrected chi connectivity index (χ2v) is 7.86. The summed E-state index contributed by atoms with van der Waals surface area (Å²) < 4.78 is 17.1. The molecule has 0 radical (unpaired) electrons. The van der Waals surface area contributed by atoms with Crippen LogP contribution in [0.15, 0.2) is 16.7 Å². The lowest BCUT2D eigenvalue weighted by atomic mass is 10.0. The van der Waals surface area contributed by atoms with E-state index in [1.54, 1.807) is 0 Å². The average molecular weight is 374 g/mol. The predicted octanol–water partition coefficient (Wildman–Crippen LogP) is 2.88. The van der Waals surface area contributed by atoms with E-state index in [4.69, 9.17) is 14.0 Å². The van der Waals surface area contributed by atoms with E-state index >= 15 is 0 Å². The summed E-state index contributed by atoms with van der Waals surface area (Å²) in [6, 6.07) is 4.14. The molecular formula is C20H30N4O3. The second kappa shape index (κ2) is 7.86. The minimum absolute atomic E-state index is 0.189. The maximum absolute atomic E-state index is 6.04. The summed E-state index contributed by atoms with van der Waals surface area (Å²) in [5.41, 5.74) is 1.86. The highest BCUT2D eigenvalue weighted by Crippen LogP contribution is 2.36. The van der Waals surface area contributed by atoms with Gasteiger partial charge in [0.15, 0.2) is 5.82 Å². The van der Waals surface area contributed by atoms with Crippen molar-refractivity contribution in [2.45, 2.75) is 58.8 Å². The van der Waals surface area contributed by atoms with E-state index in [0.717, 1.165) is 23.5 Å². The van der Waals surface area contributed by atoms with Crippen molar-refractivity contribution in [2.75, 3.05) is 20.7 Å². The summed E-state index contributed by atoms with van der Waals surface area (Å²) in [7, 11) is 3.94. The Kier molecular flexibility index (Phi) is 5.72. The minimum Gasteiger partial charge on any atom is -0.494 e. The highest BCUT2D eigenvalue weighted by Gasteiger charge is 2.29. The third-order valence-corrected chi connectivity index (χ3v) is 4.55. The minimum atomic E-state index is -0.438. The third kappa shape index (κ3) is 4.59. The van der Waals surface area contributed by atoms with Gasteiger partial charge in [-0.1, -0.05) is 5.16 Å². The number of ether oxygens (including phenoxy) is 2. The maximum atomic E-state index is 6.04. The topological polar surface area (TPSA) is 72.7 Å². The number of hydrogen-bond donors (Lipinski definition) is 1. The fraction of sp³-hybridized carbons (Fsp3) is 0.600. The molecule has 3 rings (SSSR count). The van der Waals surface area contributed by atoms with Crippen LogP contribution in [0, 0.1) is 0 Å². The maximum Gasteiger partial charge on any atom is 0.240 e. The molecule has 148 valence electrons. The van der Waals surface area contributed by atoms with Crippen LogP contribution in [0.2, 0.25) is 0 Å². The standard InChI is InChI=1S/C20H30N4O3/c1-7-25-16-9-14-8-13(2)26-18(14)15(10-16)11-21-20(3,4)19-22-17(27-23-19)12-24(5)6/h9-10,13,21H,7-8,11-12H2,1-6H3/t13-/m1/s1. The number of fused-ring (bicyclic) bond motifs is 1. The Morgan fingerprint density at radius 2 is 2.11 bits per heavy atom. The Bertz CT molecular complexity index is 786. The Balaban J connectivity index is 1.76. The molecule has 1 N–H and O–H groups in total. The molecule has 1 aromatic carbocycles. The van der Waals surface area contributed by atoms with Crippen molar-refractivity contribution in [3.8, 4) is 11.5 Å². The van der Waals surface area contributed by atoms with Crippen molar-refractivity contribution in [2.24, 2.45) is 0 Å². The van der Waals surface area contributed by atoms with Crippen LogP contribution >= 0.6 is 0 Å². The number of nitrogens with one attached hydrogen (secondary N) is 1. The largest absolute Gasteiger partial charge is 0.494 e. The van der Waals surface area contributed by atoms with Crippen LogP contribution in [0.4, 0.5) is 0 Å². The highest BCUT2D eigenvalue weighted by molar-refractivity contribution is 5.50. The van der Waals surface area contributed by atoms with Gasteiger partial charge in [-0.15, -0.1) is 0 Å². The SMILES string of the molecule is CCOc1cc(CNC(C)(C)c2noc(CN(C)C)n2)c2c(c1)C[C@@H](C)O2. The van der Waals surface area contributed by atoms with Gasteiger partial charge in [-0.2, -0.15) is 4.98 Å². The molecule has 0 saturated carbocycles. The predicted molar refractivity (Wildman–Crippen MR) is 103 cm³/mol. The Labute approximate surface area is 161 Å². The molecule has 2 aromatic rings. The Hall–Kier alpha value is -2.12. The molecule has 2 heterocycles. The zero-order chi connectivity index (χ0) is 19.6. The normalized spacial score (nSPS) is 16.5. The van der Waals surface area contributed by atoms with Crippen molar-refractivity contribution in [1.29, 1.82) is 0 Å². The first-order chi connectivity index (χ1) is 12.8. The molecule has 7 nitrogen and oxygen atoms in total. The van der Waals surface area contributed by atoms with Crippen LogP contribution in [0.25, 0.3) is 0 Å². The van der Waals surface area contributed by atoms with Crippen molar-refractivity contribution in [1.82, 2.24) is 20.4 Å². The lowest BCUT2D eigenvalue weighted by Crippen LogP contribution is -2.37. The van der Waals surface area contributed by atoms with Crippen molar-refractivity contribution in [3.63, 3.8) is 0 Å². The number of hydrogen-bond acceptors (Lipinski definition) is 7. The highest BCUT2D eigenvalue weighted by atomic mass is 16.5. The van der Waals surface area contributed by atoms with Crippen molar-refractivity contribution >= 4 is 0 Å². The van der Waals surface area contributed by atoms with Gasteiger partial charge in [-0.25, -0.2) is 0 Å². The first-order valence-corrected chi connectivity index (χ1v) is 9.46. The Morgan fingerprint density at radius 1 is 1.33 bits per heavy atom. The number of benzene rings is 1. The molecule has 1 aliphatic rings. The van der Waals surface area contributed by atoms with Gasteiger partial charge in [-0.05, 0) is 53.9 Å². The van der Waals surface area contributed by atoms with Crippen LogP contribution in [-0.2, 0) is 25.0 Å². The lowest BCUT2D eigenvalue weighted by Gasteiger charge is -2.23. The first kappa shape index (κ1) is 19.6. The third-order valence-electron chi connectivity index (χ3n) is 4.55. The van der Waals surface area contributed by atoms with E-state index < -0.39 is 5.54 Å². The molecule has 27 heavy (non-hydrogen) atoms. The van der Waals surface area contributed by atoms with Gasteiger partial charge in [0.2, 0.25) is 5.89 Å². The van der Waals surface area contributed by atoms with Gasteiger partial charge in [-0.3, -0.25) is 0 Å². The molecule has 0 fully saturated rings. The van der Waals surface area contributed by atoms with Crippen LogP contribution in [0.3, 0.4) is 0 Å². The molecular weight excluding hydrogens is 344 g/mol. The van der Waals surface area contributed by atoms with Crippen molar-refractivity contribution < 1.29 is 14.0 Å². The van der Waals surface area contributed by atoms with E-state index in [-0.39, 0.29) is 6.10 Å². The van der Waals surface area contributed by atoms with E-state index in [2.05, 4.69) is 34.5 Å². The molecule has 7 heteroatoms. The van der Waals surface area contributed by atoms with Crippen LogP contribution in [0.1, 0.15) is 50.5 Å². The fourth-order valence-corrected chi connectivity index (χ4v) is 3.20. The summed E-state index contributed by atoms with van der Waals surface area (Å²) >= 11 is 0. The molecule has 0 spiro atoms. The monoisotopic (exact) mass is 374 g/mol. The fourth-order valence-electron chi connectivity index (χ4n) is 3.20. The molecule has 0 bridgehead atoms. The van der Waals surface area contributed by atoms with Gasteiger partial charge in [0, 0.05) is 24.1 Å². The molecule has 1 atom stereocenters. The lowest BCUT2D eigenvalue weighted by molar-refractivity contribution is 0.250. The average Bonchev–Trinajstić information content (AvgIpc) is 3.18. The number of rotatable bonds is 8. The molecule has 0 aliphatic carbocycles. The first-order valence-electron chi connectivity index (χ1n) is 9.46. The summed E-state index contributed by atoms with van der Waals surface area (Å²) in [5, 5.41) is 7.69. The molecule has 0 amide bonds. The van der Waals surface area contributed by atoms with E-state index in [1.165, 1.54) is 5.56 Å². The number of aromatic nitrogens is 2. The summed E-state index contributed by atoms with van der Waals surface area (Å²) in [6.45, 7) is 10.1. The van der Waals surface area contributed by atoms with E-state index in [1.807, 2.05) is 39.8 Å². The van der Waals surface area contributed by atoms with E-state index in [9.17, 15) is 0 Å². The molecule has 0 unspecified atom stereocenters. The van der Waals surface area contributed by atoms with Gasteiger partial charge >= 0.3 is 0 Å². The van der Waals surface area contributed by atoms with Gasteiger partial charge in [0.25, 0.3) is 0 Å². The summed E-state index contributed by atoms with van der Waals surface area (Å²) in [4.78, 5) is 6.53. The smallest absolute Gasteiger partial charge is 0.240 e. The molecule has 1 aromatic heterocycles. The van der Waals surface area contributed by atoms with Gasteiger partial charge in [0.05, 0.1) is 18.7 Å². The summed E-state index contributed by atoms with van der Waals surface area (Å²) in [6.07, 6.45) is 1.10. The summed E-state index contributed by atoms with van der Waals surface area (Å²) in [5.74, 6) is 3.11. The molecule has 0 saturated heterocycles. The quantitative estimate of drug-likeness (QED) is 0.762. The number of nitrogens with zero attached hydrogens (tertiary/aromatic N) is 3. The van der Waals surface area contributed by atoms with Crippen LogP contribution in [0.5, 0.6) is 11.5 Å².